The monoisotopic (exact) mass is 227 g/mol. The highest BCUT2D eigenvalue weighted by Gasteiger charge is 2.20. The maximum absolute atomic E-state index is 12.2. The summed E-state index contributed by atoms with van der Waals surface area (Å²) < 4.78 is 0. The highest BCUT2D eigenvalue weighted by atomic mass is 16.5. The molecule has 3 nitrogen and oxygen atoms in total. The van der Waals surface area contributed by atoms with Gasteiger partial charge in [-0.3, -0.25) is 4.79 Å². The molecule has 0 aliphatic rings. The van der Waals surface area contributed by atoms with E-state index in [-0.39, 0.29) is 5.78 Å². The quantitative estimate of drug-likeness (QED) is 0.623. The molecule has 2 aromatic rings. The van der Waals surface area contributed by atoms with Crippen LogP contribution in [0.1, 0.15) is 22.0 Å². The van der Waals surface area contributed by atoms with E-state index in [1.807, 2.05) is 24.3 Å². The number of benzene rings is 2. The Balaban J connectivity index is 2.29. The molecule has 0 heterocycles. The van der Waals surface area contributed by atoms with Gasteiger partial charge in [-0.1, -0.05) is 60.7 Å². The van der Waals surface area contributed by atoms with E-state index in [1.54, 1.807) is 36.4 Å². The topological polar surface area (TPSA) is 49.3 Å². The fourth-order valence-corrected chi connectivity index (χ4v) is 1.70. The lowest BCUT2D eigenvalue weighted by Crippen LogP contribution is -2.25. The fraction of sp³-hybridized carbons (Fsp3) is 0.0714. The second kappa shape index (κ2) is 5.39. The molecule has 0 aromatic heterocycles. The van der Waals surface area contributed by atoms with Gasteiger partial charge in [0.25, 0.3) is 0 Å². The largest absolute Gasteiger partial charge is 0.316 e. The minimum absolute atomic E-state index is 0.153. The lowest BCUT2D eigenvalue weighted by atomic mass is 9.98. The average Bonchev–Trinajstić information content (AvgIpc) is 2.42. The third-order valence-corrected chi connectivity index (χ3v) is 2.58. The van der Waals surface area contributed by atoms with Crippen LogP contribution in [0.4, 0.5) is 0 Å². The molecule has 0 radical (unpaired) electrons. The number of rotatable bonds is 4. The molecule has 0 amide bonds. The van der Waals surface area contributed by atoms with Crippen molar-refractivity contribution in [2.45, 2.75) is 6.04 Å². The first-order chi connectivity index (χ1) is 8.33. The van der Waals surface area contributed by atoms with Gasteiger partial charge in [0.15, 0.2) is 5.78 Å². The number of carbonyl (C=O) groups excluding carboxylic acids is 1. The SMILES string of the molecule is O=C(c1ccccc1)C(NO)c1ccccc1. The lowest BCUT2D eigenvalue weighted by molar-refractivity contribution is 0.0764. The van der Waals surface area contributed by atoms with Crippen LogP contribution in [0.2, 0.25) is 0 Å². The predicted octanol–water partition coefficient (Wildman–Crippen LogP) is 2.59. The summed E-state index contributed by atoms with van der Waals surface area (Å²) in [5, 5.41) is 9.14. The van der Waals surface area contributed by atoms with Gasteiger partial charge in [-0.25, -0.2) is 0 Å². The molecule has 2 aromatic carbocycles. The summed E-state index contributed by atoms with van der Waals surface area (Å²) >= 11 is 0. The zero-order valence-electron chi connectivity index (χ0n) is 9.21. The molecule has 2 N–H and O–H groups in total. The number of hydroxylamine groups is 1. The third-order valence-electron chi connectivity index (χ3n) is 2.58. The Morgan fingerprint density at radius 1 is 0.941 bits per heavy atom. The van der Waals surface area contributed by atoms with Crippen LogP contribution in [0.15, 0.2) is 60.7 Å². The van der Waals surface area contributed by atoms with E-state index in [4.69, 9.17) is 5.21 Å². The van der Waals surface area contributed by atoms with Gasteiger partial charge in [-0.15, -0.1) is 0 Å². The standard InChI is InChI=1S/C14H13NO2/c16-14(12-9-5-2-6-10-12)13(15-17)11-7-3-1-4-8-11/h1-10,13,15,17H. The molecule has 0 saturated heterocycles. The van der Waals surface area contributed by atoms with E-state index in [0.29, 0.717) is 5.56 Å². The Kier molecular flexibility index (Phi) is 3.65. The van der Waals surface area contributed by atoms with Crippen molar-refractivity contribution in [3.63, 3.8) is 0 Å². The van der Waals surface area contributed by atoms with Crippen molar-refractivity contribution in [1.29, 1.82) is 0 Å². The molecule has 3 heteroatoms. The molecule has 86 valence electrons. The van der Waals surface area contributed by atoms with Crippen molar-refractivity contribution in [3.05, 3.63) is 71.8 Å². The first kappa shape index (κ1) is 11.5. The maximum Gasteiger partial charge on any atom is 0.186 e. The first-order valence-electron chi connectivity index (χ1n) is 5.37. The summed E-state index contributed by atoms with van der Waals surface area (Å²) in [5.41, 5.74) is 3.38. The van der Waals surface area contributed by atoms with E-state index in [2.05, 4.69) is 5.48 Å². The molecular weight excluding hydrogens is 214 g/mol. The summed E-state index contributed by atoms with van der Waals surface area (Å²) in [5.74, 6) is -0.153. The van der Waals surface area contributed by atoms with E-state index < -0.39 is 6.04 Å². The fourth-order valence-electron chi connectivity index (χ4n) is 1.70. The van der Waals surface area contributed by atoms with Crippen molar-refractivity contribution in [2.24, 2.45) is 0 Å². The van der Waals surface area contributed by atoms with Gasteiger partial charge in [0, 0.05) is 5.56 Å². The smallest absolute Gasteiger partial charge is 0.186 e. The number of Topliss-reactive ketones (excluding diaryl/α,β-unsaturated/α-hetero) is 1. The summed E-state index contributed by atoms with van der Waals surface area (Å²) in [6.45, 7) is 0. The van der Waals surface area contributed by atoms with Crippen molar-refractivity contribution < 1.29 is 10.0 Å². The Hall–Kier alpha value is -1.97. The van der Waals surface area contributed by atoms with Crippen LogP contribution in [0.5, 0.6) is 0 Å². The Bertz CT molecular complexity index is 482. The summed E-state index contributed by atoms with van der Waals surface area (Å²) in [6.07, 6.45) is 0. The Morgan fingerprint density at radius 3 is 2.00 bits per heavy atom. The van der Waals surface area contributed by atoms with Gasteiger partial charge in [0.2, 0.25) is 0 Å². The van der Waals surface area contributed by atoms with Crippen LogP contribution in [0.3, 0.4) is 0 Å². The van der Waals surface area contributed by atoms with Gasteiger partial charge >= 0.3 is 0 Å². The molecular formula is C14H13NO2. The number of hydrogen-bond acceptors (Lipinski definition) is 3. The Morgan fingerprint density at radius 2 is 1.47 bits per heavy atom. The number of nitrogens with one attached hydrogen (secondary N) is 1. The highest BCUT2D eigenvalue weighted by Crippen LogP contribution is 2.17. The van der Waals surface area contributed by atoms with Gasteiger partial charge < -0.3 is 5.21 Å². The maximum atomic E-state index is 12.2. The summed E-state index contributed by atoms with van der Waals surface area (Å²) in [6, 6.07) is 17.3. The first-order valence-corrected chi connectivity index (χ1v) is 5.37. The molecule has 0 aliphatic carbocycles. The summed E-state index contributed by atoms with van der Waals surface area (Å²) in [4.78, 5) is 12.2. The lowest BCUT2D eigenvalue weighted by Gasteiger charge is -2.14. The van der Waals surface area contributed by atoms with Gasteiger partial charge in [0.1, 0.15) is 6.04 Å². The van der Waals surface area contributed by atoms with Crippen molar-refractivity contribution >= 4 is 5.78 Å². The second-order valence-electron chi connectivity index (χ2n) is 3.70. The van der Waals surface area contributed by atoms with Crippen molar-refractivity contribution in [2.75, 3.05) is 0 Å². The van der Waals surface area contributed by atoms with Crippen molar-refractivity contribution in [3.8, 4) is 0 Å². The predicted molar refractivity (Wildman–Crippen MR) is 64.9 cm³/mol. The van der Waals surface area contributed by atoms with E-state index in [0.717, 1.165) is 5.56 Å². The molecule has 1 atom stereocenters. The number of carbonyl (C=O) groups is 1. The molecule has 0 bridgehead atoms. The van der Waals surface area contributed by atoms with E-state index in [1.165, 1.54) is 0 Å². The molecule has 17 heavy (non-hydrogen) atoms. The highest BCUT2D eigenvalue weighted by molar-refractivity contribution is 6.00. The zero-order chi connectivity index (χ0) is 12.1. The Labute approximate surface area is 99.7 Å². The molecule has 2 rings (SSSR count). The van der Waals surface area contributed by atoms with Crippen LogP contribution in [0.25, 0.3) is 0 Å². The van der Waals surface area contributed by atoms with Crippen molar-refractivity contribution in [1.82, 2.24) is 5.48 Å². The second-order valence-corrected chi connectivity index (χ2v) is 3.70. The normalized spacial score (nSPS) is 12.1. The minimum atomic E-state index is -0.724. The number of ketones is 1. The van der Waals surface area contributed by atoms with Gasteiger partial charge in [0.05, 0.1) is 0 Å². The molecule has 0 saturated carbocycles. The van der Waals surface area contributed by atoms with Gasteiger partial charge in [-0.2, -0.15) is 5.48 Å². The van der Waals surface area contributed by atoms with E-state index in [9.17, 15) is 4.79 Å². The van der Waals surface area contributed by atoms with Crippen LogP contribution < -0.4 is 5.48 Å². The molecule has 0 fully saturated rings. The molecule has 1 unspecified atom stereocenters. The number of hydrogen-bond donors (Lipinski definition) is 2. The molecule has 0 spiro atoms. The van der Waals surface area contributed by atoms with Crippen LogP contribution in [-0.2, 0) is 0 Å². The average molecular weight is 227 g/mol. The minimum Gasteiger partial charge on any atom is -0.316 e. The van der Waals surface area contributed by atoms with Gasteiger partial charge in [-0.05, 0) is 5.56 Å². The van der Waals surface area contributed by atoms with Crippen LogP contribution in [-0.4, -0.2) is 11.0 Å². The summed E-state index contributed by atoms with van der Waals surface area (Å²) in [7, 11) is 0. The van der Waals surface area contributed by atoms with E-state index >= 15 is 0 Å². The third kappa shape index (κ3) is 2.58. The van der Waals surface area contributed by atoms with Crippen LogP contribution >= 0.6 is 0 Å². The molecule has 0 aliphatic heterocycles. The zero-order valence-corrected chi connectivity index (χ0v) is 9.21. The van der Waals surface area contributed by atoms with Crippen LogP contribution in [0, 0.1) is 0 Å².